The average molecular weight is 225 g/mol. The van der Waals surface area contributed by atoms with E-state index in [4.69, 9.17) is 6.72 Å². The first-order valence-electron chi connectivity index (χ1n) is 3.35. The van der Waals surface area contributed by atoms with Gasteiger partial charge in [-0.25, -0.2) is 6.08 Å². The van der Waals surface area contributed by atoms with Gasteiger partial charge in [-0.2, -0.15) is 18.6 Å². The van der Waals surface area contributed by atoms with E-state index in [9.17, 15) is 0 Å². The Morgan fingerprint density at radius 3 is 2.55 bits per heavy atom. The van der Waals surface area contributed by atoms with Crippen molar-refractivity contribution in [3.05, 3.63) is 24.0 Å². The average Bonchev–Trinajstić information content (AvgIpc) is 2.10. The molecule has 1 N–H and O–H groups in total. The molecule has 59 valence electrons. The largest absolute Gasteiger partial charge is 0.481 e. The van der Waals surface area contributed by atoms with E-state index in [1.165, 1.54) is 0 Å². The molecule has 1 aliphatic heterocycles. The number of hydrogen-bond acceptors (Lipinski definition) is 2. The van der Waals surface area contributed by atoms with Crippen LogP contribution in [0.1, 0.15) is 13.8 Å². The van der Waals surface area contributed by atoms with Crippen molar-refractivity contribution in [2.75, 3.05) is 6.54 Å². The van der Waals surface area contributed by atoms with Crippen molar-refractivity contribution in [2.24, 2.45) is 4.99 Å². The van der Waals surface area contributed by atoms with Gasteiger partial charge in [0.2, 0.25) is 0 Å². The fraction of sp³-hybridized carbons (Fsp3) is 0.375. The maximum absolute atomic E-state index is 4.95. The second-order valence-electron chi connectivity index (χ2n) is 1.43. The van der Waals surface area contributed by atoms with Crippen LogP contribution in [-0.2, 0) is 32.7 Å². The van der Waals surface area contributed by atoms with E-state index in [-0.39, 0.29) is 32.7 Å². The molecule has 0 aromatic rings. The minimum absolute atomic E-state index is 0. The molecule has 0 aliphatic carbocycles. The van der Waals surface area contributed by atoms with Crippen LogP contribution in [0.25, 0.3) is 0 Å². The molecular weight excluding hydrogens is 213 g/mol. The molecular formula is C8H12N2Y-2. The Kier molecular flexibility index (Phi) is 12.5. The Labute approximate surface area is 93.7 Å². The number of aliphatic imine (C=N–C) groups is 1. The number of allylic oxidation sites excluding steroid dienone is 2. The van der Waals surface area contributed by atoms with Gasteiger partial charge in [-0.05, 0) is 6.54 Å². The molecule has 0 aromatic heterocycles. The van der Waals surface area contributed by atoms with Gasteiger partial charge in [-0.3, -0.25) is 0 Å². The first-order valence-corrected chi connectivity index (χ1v) is 3.35. The van der Waals surface area contributed by atoms with Gasteiger partial charge in [0.15, 0.2) is 0 Å². The summed E-state index contributed by atoms with van der Waals surface area (Å²) in [6, 6.07) is 0. The quantitative estimate of drug-likeness (QED) is 0.529. The molecule has 1 aliphatic rings. The Bertz CT molecular complexity index is 150. The summed E-state index contributed by atoms with van der Waals surface area (Å²) in [7, 11) is 0. The standard InChI is InChI=1S/C6H6N2.C2H6.Y/c1-7-6-3-2-4-8-5-6;1-2;/h1-2,4,8H,5H2;1-2H3;/q-2;;. The Hall–Kier alpha value is 0.0539. The van der Waals surface area contributed by atoms with Crippen molar-refractivity contribution >= 4 is 6.72 Å². The summed E-state index contributed by atoms with van der Waals surface area (Å²) in [4.78, 5) is 3.44. The van der Waals surface area contributed by atoms with Crippen LogP contribution in [-0.4, -0.2) is 13.3 Å². The second kappa shape index (κ2) is 10.1. The zero-order valence-corrected chi connectivity index (χ0v) is 9.80. The van der Waals surface area contributed by atoms with Gasteiger partial charge in [0.05, 0.1) is 0 Å². The van der Waals surface area contributed by atoms with Gasteiger partial charge >= 0.3 is 0 Å². The Morgan fingerprint density at radius 1 is 1.64 bits per heavy atom. The van der Waals surface area contributed by atoms with Crippen LogP contribution in [0.15, 0.2) is 23.0 Å². The van der Waals surface area contributed by atoms with E-state index in [0.29, 0.717) is 6.54 Å². The van der Waals surface area contributed by atoms with E-state index in [0.717, 1.165) is 5.70 Å². The zero-order valence-electron chi connectivity index (χ0n) is 6.96. The van der Waals surface area contributed by atoms with Gasteiger partial charge in [0, 0.05) is 32.7 Å². The van der Waals surface area contributed by atoms with E-state index in [2.05, 4.69) is 16.4 Å². The maximum atomic E-state index is 4.95. The number of rotatable bonds is 1. The molecule has 0 saturated carbocycles. The minimum Gasteiger partial charge on any atom is -0.481 e. The molecule has 0 saturated heterocycles. The van der Waals surface area contributed by atoms with E-state index >= 15 is 0 Å². The molecule has 0 unspecified atom stereocenters. The van der Waals surface area contributed by atoms with Gasteiger partial charge < -0.3 is 16.4 Å². The summed E-state index contributed by atoms with van der Waals surface area (Å²) in [5.74, 6) is 0. The Balaban J connectivity index is 0. The third kappa shape index (κ3) is 6.45. The van der Waals surface area contributed by atoms with Gasteiger partial charge in [-0.1, -0.05) is 13.8 Å². The number of nitrogens with one attached hydrogen (secondary N) is 1. The molecule has 0 fully saturated rings. The van der Waals surface area contributed by atoms with Crippen LogP contribution in [0.5, 0.6) is 0 Å². The van der Waals surface area contributed by atoms with Crippen molar-refractivity contribution in [3.8, 4) is 0 Å². The summed E-state index contributed by atoms with van der Waals surface area (Å²) in [5, 5.41) is 2.93. The minimum atomic E-state index is 0. The van der Waals surface area contributed by atoms with Crippen molar-refractivity contribution in [2.45, 2.75) is 13.8 Å². The van der Waals surface area contributed by atoms with Crippen molar-refractivity contribution in [1.29, 1.82) is 0 Å². The predicted molar refractivity (Wildman–Crippen MR) is 43.7 cm³/mol. The fourth-order valence-corrected chi connectivity index (χ4v) is 0.486. The molecule has 3 heteroatoms. The van der Waals surface area contributed by atoms with E-state index < -0.39 is 0 Å². The van der Waals surface area contributed by atoms with Gasteiger partial charge in [0.25, 0.3) is 0 Å². The van der Waals surface area contributed by atoms with Gasteiger partial charge in [0.1, 0.15) is 0 Å². The van der Waals surface area contributed by atoms with Crippen LogP contribution >= 0.6 is 0 Å². The van der Waals surface area contributed by atoms with Crippen LogP contribution in [0.3, 0.4) is 0 Å². The Morgan fingerprint density at radius 2 is 2.27 bits per heavy atom. The molecule has 0 aromatic carbocycles. The normalized spacial score (nSPS) is 12.7. The van der Waals surface area contributed by atoms with Crippen LogP contribution < -0.4 is 5.32 Å². The van der Waals surface area contributed by atoms with E-state index in [1.54, 1.807) is 12.3 Å². The molecule has 0 atom stereocenters. The molecule has 11 heavy (non-hydrogen) atoms. The summed E-state index contributed by atoms with van der Waals surface area (Å²) in [5.41, 5.74) is 0.757. The smallest absolute Gasteiger partial charge is 0 e. The first kappa shape index (κ1) is 13.6. The first-order chi connectivity index (χ1) is 4.93. The summed E-state index contributed by atoms with van der Waals surface area (Å²) >= 11 is 0. The predicted octanol–water partition coefficient (Wildman–Crippen LogP) is 1.39. The summed E-state index contributed by atoms with van der Waals surface area (Å²) in [6.45, 7) is 9.64. The van der Waals surface area contributed by atoms with Crippen LogP contribution in [0.4, 0.5) is 0 Å². The molecule has 0 bridgehead atoms. The topological polar surface area (TPSA) is 24.4 Å². The molecule has 1 rings (SSSR count). The van der Waals surface area contributed by atoms with Crippen LogP contribution in [0.2, 0.25) is 0 Å². The number of nitrogens with zero attached hydrogens (tertiary/aromatic N) is 1. The number of hydrogen-bond donors (Lipinski definition) is 1. The molecule has 1 radical (unpaired) electrons. The SMILES string of the molecule is CC.[CH-]=NC1=[C-]C=CNC1.[Y]. The molecule has 1 heterocycles. The zero-order chi connectivity index (χ0) is 7.82. The van der Waals surface area contributed by atoms with Crippen LogP contribution in [0, 0.1) is 6.08 Å². The third-order valence-corrected chi connectivity index (χ3v) is 0.876. The van der Waals surface area contributed by atoms with Crippen molar-refractivity contribution in [1.82, 2.24) is 5.32 Å². The monoisotopic (exact) mass is 225 g/mol. The van der Waals surface area contributed by atoms with Gasteiger partial charge in [-0.15, -0.1) is 0 Å². The fourth-order valence-electron chi connectivity index (χ4n) is 0.486. The molecule has 0 spiro atoms. The van der Waals surface area contributed by atoms with Crippen molar-refractivity contribution < 1.29 is 32.7 Å². The molecule has 2 nitrogen and oxygen atoms in total. The summed E-state index contributed by atoms with van der Waals surface area (Å²) < 4.78 is 0. The summed E-state index contributed by atoms with van der Waals surface area (Å²) in [6.07, 6.45) is 6.40. The number of dihydropyridines is 1. The third-order valence-electron chi connectivity index (χ3n) is 0.876. The maximum Gasteiger partial charge on any atom is 0 e. The second-order valence-corrected chi connectivity index (χ2v) is 1.43. The van der Waals surface area contributed by atoms with Crippen molar-refractivity contribution in [3.63, 3.8) is 0 Å². The molecule has 0 amide bonds. The van der Waals surface area contributed by atoms with E-state index in [1.807, 2.05) is 13.8 Å².